The van der Waals surface area contributed by atoms with Gasteiger partial charge in [0, 0.05) is 42.8 Å². The first-order valence-electron chi connectivity index (χ1n) is 8.58. The highest BCUT2D eigenvalue weighted by Gasteiger charge is 2.20. The SMILES string of the molecule is COc1ccc(N2CCN(c3nc(-c4ccc(F)cc4)cs3)CC2)cc1. The molecule has 0 unspecified atom stereocenters. The number of hydrogen-bond acceptors (Lipinski definition) is 5. The van der Waals surface area contributed by atoms with Gasteiger partial charge in [0.25, 0.3) is 0 Å². The van der Waals surface area contributed by atoms with Crippen LogP contribution in [0.4, 0.5) is 15.2 Å². The number of benzene rings is 2. The van der Waals surface area contributed by atoms with Crippen molar-refractivity contribution in [1.82, 2.24) is 4.98 Å². The van der Waals surface area contributed by atoms with E-state index in [1.54, 1.807) is 30.6 Å². The van der Waals surface area contributed by atoms with E-state index in [-0.39, 0.29) is 5.82 Å². The number of methoxy groups -OCH3 is 1. The van der Waals surface area contributed by atoms with E-state index in [0.717, 1.165) is 48.3 Å². The minimum Gasteiger partial charge on any atom is -0.497 e. The third-order valence-corrected chi connectivity index (χ3v) is 5.52. The van der Waals surface area contributed by atoms with Gasteiger partial charge in [-0.15, -0.1) is 11.3 Å². The van der Waals surface area contributed by atoms with Crippen molar-refractivity contribution in [2.45, 2.75) is 0 Å². The van der Waals surface area contributed by atoms with E-state index >= 15 is 0 Å². The van der Waals surface area contributed by atoms with E-state index in [1.165, 1.54) is 17.8 Å². The van der Waals surface area contributed by atoms with Crippen molar-refractivity contribution in [3.8, 4) is 17.0 Å². The van der Waals surface area contributed by atoms with Crippen LogP contribution in [-0.4, -0.2) is 38.3 Å². The van der Waals surface area contributed by atoms with E-state index in [4.69, 9.17) is 9.72 Å². The van der Waals surface area contributed by atoms with Crippen LogP contribution in [0.25, 0.3) is 11.3 Å². The van der Waals surface area contributed by atoms with Crippen LogP contribution in [0.15, 0.2) is 53.9 Å². The van der Waals surface area contributed by atoms with E-state index in [2.05, 4.69) is 21.9 Å². The molecule has 26 heavy (non-hydrogen) atoms. The molecule has 0 radical (unpaired) electrons. The van der Waals surface area contributed by atoms with Gasteiger partial charge in [-0.25, -0.2) is 9.37 Å². The van der Waals surface area contributed by atoms with Crippen molar-refractivity contribution in [1.29, 1.82) is 0 Å². The predicted octanol–water partition coefficient (Wildman–Crippen LogP) is 4.28. The van der Waals surface area contributed by atoms with Gasteiger partial charge in [0.05, 0.1) is 12.8 Å². The van der Waals surface area contributed by atoms with Gasteiger partial charge in [-0.2, -0.15) is 0 Å². The molecular weight excluding hydrogens is 349 g/mol. The van der Waals surface area contributed by atoms with Crippen molar-refractivity contribution >= 4 is 22.2 Å². The molecule has 0 aliphatic carbocycles. The molecule has 0 amide bonds. The van der Waals surface area contributed by atoms with Crippen LogP contribution in [0.1, 0.15) is 0 Å². The number of thiazole rings is 1. The van der Waals surface area contributed by atoms with Crippen LogP contribution >= 0.6 is 11.3 Å². The normalized spacial score (nSPS) is 14.5. The highest BCUT2D eigenvalue weighted by molar-refractivity contribution is 7.14. The number of nitrogens with zero attached hydrogens (tertiary/aromatic N) is 3. The standard InChI is InChI=1S/C20H20FN3OS/c1-25-18-8-6-17(7-9-18)23-10-12-24(13-11-23)20-22-19(14-26-20)15-2-4-16(21)5-3-15/h2-9,14H,10-13H2,1H3. The Bertz CT molecular complexity index is 856. The molecule has 0 spiro atoms. The van der Waals surface area contributed by atoms with Crippen LogP contribution in [0, 0.1) is 5.82 Å². The quantitative estimate of drug-likeness (QED) is 0.686. The number of ether oxygens (including phenoxy) is 1. The Kier molecular flexibility index (Phi) is 4.75. The fourth-order valence-electron chi connectivity index (χ4n) is 3.11. The maximum absolute atomic E-state index is 13.1. The summed E-state index contributed by atoms with van der Waals surface area (Å²) in [7, 11) is 1.68. The molecule has 2 heterocycles. The lowest BCUT2D eigenvalue weighted by atomic mass is 10.2. The molecule has 4 nitrogen and oxygen atoms in total. The zero-order valence-corrected chi connectivity index (χ0v) is 15.4. The zero-order chi connectivity index (χ0) is 17.9. The number of hydrogen-bond donors (Lipinski definition) is 0. The largest absolute Gasteiger partial charge is 0.497 e. The zero-order valence-electron chi connectivity index (χ0n) is 14.6. The Labute approximate surface area is 156 Å². The maximum atomic E-state index is 13.1. The molecule has 1 aliphatic heterocycles. The summed E-state index contributed by atoms with van der Waals surface area (Å²) >= 11 is 1.64. The third-order valence-electron chi connectivity index (χ3n) is 4.62. The van der Waals surface area contributed by atoms with Crippen LogP contribution in [0.5, 0.6) is 5.75 Å². The summed E-state index contributed by atoms with van der Waals surface area (Å²) in [5, 5.41) is 3.07. The van der Waals surface area contributed by atoms with Gasteiger partial charge in [0.1, 0.15) is 11.6 Å². The Balaban J connectivity index is 1.41. The Hall–Kier alpha value is -2.60. The van der Waals surface area contributed by atoms with Crippen LogP contribution in [0.2, 0.25) is 0 Å². The van der Waals surface area contributed by atoms with E-state index in [9.17, 15) is 4.39 Å². The summed E-state index contributed by atoms with van der Waals surface area (Å²) in [5.74, 6) is 0.655. The molecule has 1 saturated heterocycles. The second-order valence-corrected chi connectivity index (χ2v) is 7.03. The molecular formula is C20H20FN3OS. The molecule has 2 aromatic carbocycles. The number of piperazine rings is 1. The molecule has 1 aromatic heterocycles. The Morgan fingerprint density at radius 3 is 2.23 bits per heavy atom. The van der Waals surface area contributed by atoms with Gasteiger partial charge < -0.3 is 14.5 Å². The number of aromatic nitrogens is 1. The van der Waals surface area contributed by atoms with Gasteiger partial charge in [-0.3, -0.25) is 0 Å². The summed E-state index contributed by atoms with van der Waals surface area (Å²) in [5.41, 5.74) is 3.07. The van der Waals surface area contributed by atoms with Gasteiger partial charge >= 0.3 is 0 Å². The minimum absolute atomic E-state index is 0.223. The van der Waals surface area contributed by atoms with Crippen molar-refractivity contribution < 1.29 is 9.13 Å². The van der Waals surface area contributed by atoms with Crippen molar-refractivity contribution in [2.75, 3.05) is 43.1 Å². The molecule has 0 N–H and O–H groups in total. The first kappa shape index (κ1) is 16.8. The number of rotatable bonds is 4. The lowest BCUT2D eigenvalue weighted by Gasteiger charge is -2.36. The average molecular weight is 369 g/mol. The molecule has 1 aliphatic rings. The van der Waals surface area contributed by atoms with Crippen molar-refractivity contribution in [3.05, 3.63) is 59.7 Å². The summed E-state index contributed by atoms with van der Waals surface area (Å²) < 4.78 is 18.3. The van der Waals surface area contributed by atoms with E-state index in [0.29, 0.717) is 0 Å². The fraction of sp³-hybridized carbons (Fsp3) is 0.250. The number of halogens is 1. The van der Waals surface area contributed by atoms with Gasteiger partial charge in [0.2, 0.25) is 0 Å². The Morgan fingerprint density at radius 1 is 0.923 bits per heavy atom. The topological polar surface area (TPSA) is 28.6 Å². The fourth-order valence-corrected chi connectivity index (χ4v) is 4.00. The average Bonchev–Trinajstić information content (AvgIpc) is 3.19. The maximum Gasteiger partial charge on any atom is 0.185 e. The highest BCUT2D eigenvalue weighted by atomic mass is 32.1. The van der Waals surface area contributed by atoms with Crippen molar-refractivity contribution in [3.63, 3.8) is 0 Å². The molecule has 134 valence electrons. The van der Waals surface area contributed by atoms with Gasteiger partial charge in [-0.05, 0) is 48.5 Å². The first-order chi connectivity index (χ1) is 12.7. The highest BCUT2D eigenvalue weighted by Crippen LogP contribution is 2.29. The van der Waals surface area contributed by atoms with Crippen molar-refractivity contribution in [2.24, 2.45) is 0 Å². The molecule has 0 saturated carbocycles. The van der Waals surface area contributed by atoms with Crippen LogP contribution in [0.3, 0.4) is 0 Å². The number of anilines is 2. The lowest BCUT2D eigenvalue weighted by Crippen LogP contribution is -2.46. The molecule has 0 bridgehead atoms. The smallest absolute Gasteiger partial charge is 0.185 e. The first-order valence-corrected chi connectivity index (χ1v) is 9.46. The summed E-state index contributed by atoms with van der Waals surface area (Å²) in [6.45, 7) is 3.78. The van der Waals surface area contributed by atoms with E-state index < -0.39 is 0 Å². The molecule has 0 atom stereocenters. The third kappa shape index (κ3) is 3.51. The molecule has 6 heteroatoms. The second kappa shape index (κ2) is 7.33. The summed E-state index contributed by atoms with van der Waals surface area (Å²) in [6, 6.07) is 14.7. The predicted molar refractivity (Wildman–Crippen MR) is 105 cm³/mol. The van der Waals surface area contributed by atoms with E-state index in [1.807, 2.05) is 17.5 Å². The molecule has 4 rings (SSSR count). The second-order valence-electron chi connectivity index (χ2n) is 6.19. The van der Waals surface area contributed by atoms with Crippen LogP contribution < -0.4 is 14.5 Å². The molecule has 3 aromatic rings. The summed E-state index contributed by atoms with van der Waals surface area (Å²) in [6.07, 6.45) is 0. The molecule has 1 fully saturated rings. The Morgan fingerprint density at radius 2 is 1.58 bits per heavy atom. The van der Waals surface area contributed by atoms with Gasteiger partial charge in [0.15, 0.2) is 5.13 Å². The van der Waals surface area contributed by atoms with Gasteiger partial charge in [-0.1, -0.05) is 0 Å². The van der Waals surface area contributed by atoms with Crippen LogP contribution in [-0.2, 0) is 0 Å². The summed E-state index contributed by atoms with van der Waals surface area (Å²) in [4.78, 5) is 9.44. The minimum atomic E-state index is -0.223. The monoisotopic (exact) mass is 369 g/mol. The lowest BCUT2D eigenvalue weighted by molar-refractivity contribution is 0.415.